The molecule has 3 rings (SSSR count). The lowest BCUT2D eigenvalue weighted by atomic mass is 10.1. The number of carbonyl (C=O) groups is 2. The SMILES string of the molecule is COc1ccc(C(=O)/C=C/c2ccc(NC(=O)Nc3ccc(C)cc3)cc2)cc1. The van der Waals surface area contributed by atoms with Crippen LogP contribution >= 0.6 is 0 Å². The highest BCUT2D eigenvalue weighted by atomic mass is 16.5. The fourth-order valence-corrected chi connectivity index (χ4v) is 2.63. The molecular formula is C24H22N2O3. The number of carbonyl (C=O) groups excluding carboxylic acids is 2. The third-order valence-corrected chi connectivity index (χ3v) is 4.28. The molecule has 2 amide bonds. The second kappa shape index (κ2) is 9.37. The summed E-state index contributed by atoms with van der Waals surface area (Å²) in [5.74, 6) is 0.618. The topological polar surface area (TPSA) is 67.4 Å². The zero-order valence-electron chi connectivity index (χ0n) is 16.3. The molecule has 0 saturated heterocycles. The van der Waals surface area contributed by atoms with Crippen molar-refractivity contribution in [1.29, 1.82) is 0 Å². The standard InChI is InChI=1S/C24H22N2O3/c1-17-3-10-20(11-4-17)25-24(28)26-21-12-5-18(6-13-21)7-16-23(27)19-8-14-22(29-2)15-9-19/h3-16H,1-2H3,(H2,25,26,28)/b16-7+. The molecular weight excluding hydrogens is 364 g/mol. The molecule has 0 saturated carbocycles. The molecule has 146 valence electrons. The number of amides is 2. The minimum absolute atomic E-state index is 0.0904. The average molecular weight is 386 g/mol. The summed E-state index contributed by atoms with van der Waals surface area (Å²) >= 11 is 0. The minimum Gasteiger partial charge on any atom is -0.497 e. The van der Waals surface area contributed by atoms with Gasteiger partial charge in [0.1, 0.15) is 5.75 Å². The molecule has 5 nitrogen and oxygen atoms in total. The largest absolute Gasteiger partial charge is 0.497 e. The molecule has 0 aliphatic heterocycles. The molecule has 0 aromatic heterocycles. The Balaban J connectivity index is 1.56. The molecule has 0 fully saturated rings. The second-order valence-electron chi connectivity index (χ2n) is 6.49. The number of anilines is 2. The Labute approximate surface area is 170 Å². The molecule has 5 heteroatoms. The number of rotatable bonds is 6. The maximum absolute atomic E-state index is 12.2. The molecule has 0 aliphatic rings. The van der Waals surface area contributed by atoms with E-state index in [1.807, 2.05) is 43.3 Å². The van der Waals surface area contributed by atoms with E-state index >= 15 is 0 Å². The maximum atomic E-state index is 12.2. The molecule has 0 radical (unpaired) electrons. The van der Waals surface area contributed by atoms with Gasteiger partial charge in [-0.3, -0.25) is 4.79 Å². The van der Waals surface area contributed by atoms with Crippen molar-refractivity contribution in [2.75, 3.05) is 17.7 Å². The quantitative estimate of drug-likeness (QED) is 0.431. The van der Waals surface area contributed by atoms with Crippen molar-refractivity contribution in [3.63, 3.8) is 0 Å². The highest BCUT2D eigenvalue weighted by Crippen LogP contribution is 2.15. The maximum Gasteiger partial charge on any atom is 0.323 e. The number of urea groups is 1. The number of methoxy groups -OCH3 is 1. The second-order valence-corrected chi connectivity index (χ2v) is 6.49. The van der Waals surface area contributed by atoms with Gasteiger partial charge in [0.05, 0.1) is 7.11 Å². The van der Waals surface area contributed by atoms with Crippen molar-refractivity contribution in [3.8, 4) is 5.75 Å². The van der Waals surface area contributed by atoms with Gasteiger partial charge in [0.15, 0.2) is 5.78 Å². The van der Waals surface area contributed by atoms with E-state index in [1.54, 1.807) is 49.6 Å². The van der Waals surface area contributed by atoms with Crippen molar-refractivity contribution < 1.29 is 14.3 Å². The van der Waals surface area contributed by atoms with E-state index < -0.39 is 0 Å². The van der Waals surface area contributed by atoms with Crippen LogP contribution < -0.4 is 15.4 Å². The summed E-state index contributed by atoms with van der Waals surface area (Å²) in [4.78, 5) is 24.3. The summed E-state index contributed by atoms with van der Waals surface area (Å²) in [5.41, 5.74) is 3.97. The summed E-state index contributed by atoms with van der Waals surface area (Å²) in [5, 5.41) is 5.56. The van der Waals surface area contributed by atoms with E-state index in [1.165, 1.54) is 6.08 Å². The summed E-state index contributed by atoms with van der Waals surface area (Å²) in [6.45, 7) is 1.99. The van der Waals surface area contributed by atoms with Crippen LogP contribution in [-0.4, -0.2) is 18.9 Å². The van der Waals surface area contributed by atoms with Gasteiger partial charge in [-0.1, -0.05) is 35.9 Å². The van der Waals surface area contributed by atoms with Crippen molar-refractivity contribution >= 4 is 29.3 Å². The van der Waals surface area contributed by atoms with Crippen LogP contribution in [0.4, 0.5) is 16.2 Å². The first-order chi connectivity index (χ1) is 14.0. The lowest BCUT2D eigenvalue weighted by Gasteiger charge is -2.08. The van der Waals surface area contributed by atoms with Crippen LogP contribution in [0.25, 0.3) is 6.08 Å². The Morgan fingerprint density at radius 1 is 0.793 bits per heavy atom. The zero-order chi connectivity index (χ0) is 20.6. The molecule has 29 heavy (non-hydrogen) atoms. The van der Waals surface area contributed by atoms with Crippen LogP contribution in [-0.2, 0) is 0 Å². The van der Waals surface area contributed by atoms with E-state index in [4.69, 9.17) is 4.74 Å². The molecule has 0 bridgehead atoms. The summed E-state index contributed by atoms with van der Waals surface area (Å²) in [6.07, 6.45) is 3.26. The predicted octanol–water partition coefficient (Wildman–Crippen LogP) is 5.54. The van der Waals surface area contributed by atoms with Crippen LogP contribution in [0.3, 0.4) is 0 Å². The Bertz CT molecular complexity index is 1010. The molecule has 0 unspecified atom stereocenters. The van der Waals surface area contributed by atoms with Crippen molar-refractivity contribution in [2.45, 2.75) is 6.92 Å². The third kappa shape index (κ3) is 5.81. The van der Waals surface area contributed by atoms with E-state index in [9.17, 15) is 9.59 Å². The van der Waals surface area contributed by atoms with Crippen molar-refractivity contribution in [2.24, 2.45) is 0 Å². The van der Waals surface area contributed by atoms with E-state index in [2.05, 4.69) is 10.6 Å². The van der Waals surface area contributed by atoms with E-state index in [0.717, 1.165) is 16.8 Å². The van der Waals surface area contributed by atoms with Gasteiger partial charge in [0, 0.05) is 16.9 Å². The highest BCUT2D eigenvalue weighted by Gasteiger charge is 2.04. The van der Waals surface area contributed by atoms with Crippen molar-refractivity contribution in [1.82, 2.24) is 0 Å². The Kier molecular flexibility index (Phi) is 6.43. The Morgan fingerprint density at radius 3 is 1.90 bits per heavy atom. The van der Waals surface area contributed by atoms with Gasteiger partial charge in [-0.15, -0.1) is 0 Å². The number of allylic oxidation sites excluding steroid dienone is 1. The van der Waals surface area contributed by atoms with Gasteiger partial charge < -0.3 is 15.4 Å². The number of ether oxygens (including phenoxy) is 1. The van der Waals surface area contributed by atoms with Crippen molar-refractivity contribution in [3.05, 3.63) is 95.6 Å². The molecule has 0 atom stereocenters. The normalized spacial score (nSPS) is 10.6. The predicted molar refractivity (Wildman–Crippen MR) is 117 cm³/mol. The number of hydrogen-bond acceptors (Lipinski definition) is 3. The fraction of sp³-hybridized carbons (Fsp3) is 0.0833. The van der Waals surface area contributed by atoms with Crippen LogP contribution in [0.2, 0.25) is 0 Å². The molecule has 3 aromatic rings. The highest BCUT2D eigenvalue weighted by molar-refractivity contribution is 6.07. The van der Waals surface area contributed by atoms with E-state index in [0.29, 0.717) is 17.0 Å². The Hall–Kier alpha value is -3.86. The Morgan fingerprint density at radius 2 is 1.34 bits per heavy atom. The zero-order valence-corrected chi connectivity index (χ0v) is 16.3. The lowest BCUT2D eigenvalue weighted by molar-refractivity contribution is 0.104. The lowest BCUT2D eigenvalue weighted by Crippen LogP contribution is -2.19. The smallest absolute Gasteiger partial charge is 0.323 e. The van der Waals surface area contributed by atoms with Crippen LogP contribution in [0.1, 0.15) is 21.5 Å². The van der Waals surface area contributed by atoms with Gasteiger partial charge in [-0.2, -0.15) is 0 Å². The number of benzene rings is 3. The third-order valence-electron chi connectivity index (χ3n) is 4.28. The summed E-state index contributed by atoms with van der Waals surface area (Å²) in [6, 6.07) is 21.4. The van der Waals surface area contributed by atoms with Gasteiger partial charge >= 0.3 is 6.03 Å². The van der Waals surface area contributed by atoms with Gasteiger partial charge in [0.25, 0.3) is 0 Å². The number of nitrogens with one attached hydrogen (secondary N) is 2. The summed E-state index contributed by atoms with van der Waals surface area (Å²) < 4.78 is 5.09. The van der Waals surface area contributed by atoms with Crippen LogP contribution in [0, 0.1) is 6.92 Å². The van der Waals surface area contributed by atoms with Gasteiger partial charge in [-0.25, -0.2) is 4.79 Å². The van der Waals surface area contributed by atoms with E-state index in [-0.39, 0.29) is 11.8 Å². The minimum atomic E-state index is -0.313. The molecule has 0 spiro atoms. The number of ketones is 1. The average Bonchev–Trinajstić information content (AvgIpc) is 2.74. The fourth-order valence-electron chi connectivity index (χ4n) is 2.63. The molecule has 0 heterocycles. The first-order valence-corrected chi connectivity index (χ1v) is 9.15. The molecule has 3 aromatic carbocycles. The first-order valence-electron chi connectivity index (χ1n) is 9.15. The van der Waals surface area contributed by atoms with Crippen LogP contribution in [0.5, 0.6) is 5.75 Å². The molecule has 0 aliphatic carbocycles. The van der Waals surface area contributed by atoms with Gasteiger partial charge in [-0.05, 0) is 67.1 Å². The summed E-state index contributed by atoms with van der Waals surface area (Å²) in [7, 11) is 1.58. The van der Waals surface area contributed by atoms with Gasteiger partial charge in [0.2, 0.25) is 0 Å². The monoisotopic (exact) mass is 386 g/mol. The number of hydrogen-bond donors (Lipinski definition) is 2. The number of aryl methyl sites for hydroxylation is 1. The molecule has 2 N–H and O–H groups in total. The first kappa shape index (κ1) is 19.9. The van der Waals surface area contributed by atoms with Crippen LogP contribution in [0.15, 0.2) is 78.9 Å².